The molecule has 0 aliphatic heterocycles. The SMILES string of the molecule is Fc1cc(Cl)c(SCC(F)(F)F)cc1OCCCCCC(F)(F)F. The van der Waals surface area contributed by atoms with Crippen LogP contribution in [0.5, 0.6) is 5.75 Å². The number of rotatable bonds is 8. The van der Waals surface area contributed by atoms with Gasteiger partial charge in [-0.25, -0.2) is 4.39 Å². The van der Waals surface area contributed by atoms with E-state index in [1.54, 1.807) is 0 Å². The zero-order valence-corrected chi connectivity index (χ0v) is 13.8. The van der Waals surface area contributed by atoms with Crippen molar-refractivity contribution in [1.29, 1.82) is 0 Å². The van der Waals surface area contributed by atoms with E-state index in [1.165, 1.54) is 0 Å². The molecule has 0 saturated carbocycles. The monoisotopic (exact) mass is 398 g/mol. The minimum absolute atomic E-state index is 0.0162. The fraction of sp³-hybridized carbons (Fsp3) is 0.571. The summed E-state index contributed by atoms with van der Waals surface area (Å²) in [6, 6.07) is 1.91. The fourth-order valence-electron chi connectivity index (χ4n) is 1.68. The summed E-state index contributed by atoms with van der Waals surface area (Å²) in [5, 5.41) is -0.167. The molecule has 0 saturated heterocycles. The van der Waals surface area contributed by atoms with Gasteiger partial charge in [0.05, 0.1) is 17.4 Å². The third kappa shape index (κ3) is 8.86. The first kappa shape index (κ1) is 21.2. The largest absolute Gasteiger partial charge is 0.490 e. The van der Waals surface area contributed by atoms with Crippen molar-refractivity contribution in [3.05, 3.63) is 23.0 Å². The number of hydrogen-bond acceptors (Lipinski definition) is 2. The van der Waals surface area contributed by atoms with Crippen LogP contribution in [0.3, 0.4) is 0 Å². The average molecular weight is 399 g/mol. The van der Waals surface area contributed by atoms with E-state index >= 15 is 0 Å². The van der Waals surface area contributed by atoms with Gasteiger partial charge in [0.25, 0.3) is 0 Å². The van der Waals surface area contributed by atoms with Crippen LogP contribution in [0.2, 0.25) is 5.02 Å². The Labute approximate surface area is 143 Å². The zero-order valence-electron chi connectivity index (χ0n) is 12.2. The van der Waals surface area contributed by atoms with Crippen molar-refractivity contribution in [2.24, 2.45) is 0 Å². The lowest BCUT2D eigenvalue weighted by atomic mass is 10.2. The van der Waals surface area contributed by atoms with E-state index in [9.17, 15) is 30.7 Å². The van der Waals surface area contributed by atoms with Gasteiger partial charge in [0.15, 0.2) is 11.6 Å². The number of halogens is 8. The summed E-state index contributed by atoms with van der Waals surface area (Å²) in [5.74, 6) is -2.30. The normalized spacial score (nSPS) is 12.5. The van der Waals surface area contributed by atoms with Gasteiger partial charge in [-0.05, 0) is 31.4 Å². The molecule has 0 unspecified atom stereocenters. The van der Waals surface area contributed by atoms with Gasteiger partial charge in [-0.2, -0.15) is 26.3 Å². The topological polar surface area (TPSA) is 9.23 Å². The van der Waals surface area contributed by atoms with Crippen LogP contribution in [-0.4, -0.2) is 24.7 Å². The predicted molar refractivity (Wildman–Crippen MR) is 78.2 cm³/mol. The zero-order chi connectivity index (χ0) is 18.4. The van der Waals surface area contributed by atoms with Crippen LogP contribution in [-0.2, 0) is 0 Å². The molecule has 0 N–H and O–H groups in total. The van der Waals surface area contributed by atoms with E-state index in [1.807, 2.05) is 0 Å². The molecule has 0 bridgehead atoms. The maximum atomic E-state index is 13.6. The first-order chi connectivity index (χ1) is 11.0. The maximum Gasteiger partial charge on any atom is 0.398 e. The third-order valence-corrected chi connectivity index (χ3v) is 4.29. The summed E-state index contributed by atoms with van der Waals surface area (Å²) < 4.78 is 91.2. The molecule has 24 heavy (non-hydrogen) atoms. The molecule has 0 fully saturated rings. The number of hydrogen-bond donors (Lipinski definition) is 0. The Kier molecular flexibility index (Phi) is 7.98. The molecule has 1 aromatic carbocycles. The smallest absolute Gasteiger partial charge is 0.398 e. The summed E-state index contributed by atoms with van der Waals surface area (Å²) in [6.07, 6.45) is -9.08. The first-order valence-corrected chi connectivity index (χ1v) is 8.22. The average Bonchev–Trinajstić information content (AvgIpc) is 2.41. The van der Waals surface area contributed by atoms with Crippen molar-refractivity contribution in [3.8, 4) is 5.75 Å². The maximum absolute atomic E-state index is 13.6. The van der Waals surface area contributed by atoms with Crippen molar-refractivity contribution in [2.75, 3.05) is 12.4 Å². The van der Waals surface area contributed by atoms with E-state index < -0.39 is 30.3 Å². The molecule has 1 aromatic rings. The van der Waals surface area contributed by atoms with Gasteiger partial charge < -0.3 is 4.74 Å². The van der Waals surface area contributed by atoms with E-state index in [0.29, 0.717) is 11.8 Å². The van der Waals surface area contributed by atoms with Crippen molar-refractivity contribution in [3.63, 3.8) is 0 Å². The molecule has 138 valence electrons. The Morgan fingerprint density at radius 3 is 2.21 bits per heavy atom. The Bertz CT molecular complexity index is 531. The fourth-order valence-corrected chi connectivity index (χ4v) is 2.70. The summed E-state index contributed by atoms with van der Waals surface area (Å²) in [7, 11) is 0. The van der Waals surface area contributed by atoms with Crippen LogP contribution < -0.4 is 4.74 Å². The minimum atomic E-state index is -4.40. The first-order valence-electron chi connectivity index (χ1n) is 6.86. The molecule has 0 heterocycles. The molecule has 0 spiro atoms. The molecular weight excluding hydrogens is 385 g/mol. The molecule has 10 heteroatoms. The third-order valence-electron chi connectivity index (χ3n) is 2.74. The van der Waals surface area contributed by atoms with E-state index in [-0.39, 0.29) is 41.5 Å². The van der Waals surface area contributed by atoms with Crippen LogP contribution in [0.1, 0.15) is 25.7 Å². The van der Waals surface area contributed by atoms with Gasteiger partial charge >= 0.3 is 12.4 Å². The van der Waals surface area contributed by atoms with Crippen LogP contribution in [0.4, 0.5) is 30.7 Å². The molecule has 1 nitrogen and oxygen atoms in total. The van der Waals surface area contributed by atoms with Crippen LogP contribution in [0.15, 0.2) is 17.0 Å². The van der Waals surface area contributed by atoms with Crippen molar-refractivity contribution < 1.29 is 35.5 Å². The summed E-state index contributed by atoms with van der Waals surface area (Å²) >= 11 is 6.08. The summed E-state index contributed by atoms with van der Waals surface area (Å²) in [6.45, 7) is -0.0419. The second-order valence-corrected chi connectivity index (χ2v) is 6.32. The van der Waals surface area contributed by atoms with E-state index in [0.717, 1.165) is 12.1 Å². The Hall–Kier alpha value is -0.830. The van der Waals surface area contributed by atoms with Crippen LogP contribution in [0.25, 0.3) is 0 Å². The number of thioether (sulfide) groups is 1. The molecule has 0 amide bonds. The lowest BCUT2D eigenvalue weighted by Crippen LogP contribution is -2.10. The molecule has 1 rings (SSSR count). The number of alkyl halides is 6. The molecule has 0 aromatic heterocycles. The highest BCUT2D eigenvalue weighted by atomic mass is 35.5. The van der Waals surface area contributed by atoms with Crippen molar-refractivity contribution >= 4 is 23.4 Å². The van der Waals surface area contributed by atoms with Gasteiger partial charge in [0.1, 0.15) is 0 Å². The van der Waals surface area contributed by atoms with Gasteiger partial charge in [0.2, 0.25) is 0 Å². The second-order valence-electron chi connectivity index (χ2n) is 4.89. The van der Waals surface area contributed by atoms with Crippen molar-refractivity contribution in [1.82, 2.24) is 0 Å². The molecule has 0 atom stereocenters. The minimum Gasteiger partial charge on any atom is -0.490 e. The number of benzene rings is 1. The predicted octanol–water partition coefficient (Wildman–Crippen LogP) is 6.64. The Morgan fingerprint density at radius 1 is 0.958 bits per heavy atom. The molecular formula is C14H14ClF7OS. The standard InChI is InChI=1S/C14H14ClF7OS/c15-9-6-10(16)11(7-12(9)24-8-14(20,21)22)23-5-3-1-2-4-13(17,18)19/h6-7H,1-5,8H2. The summed E-state index contributed by atoms with van der Waals surface area (Å²) in [5.41, 5.74) is 0. The van der Waals surface area contributed by atoms with Gasteiger partial charge in [-0.1, -0.05) is 11.6 Å². The lowest BCUT2D eigenvalue weighted by molar-refractivity contribution is -0.135. The second kappa shape index (κ2) is 9.03. The van der Waals surface area contributed by atoms with E-state index in [2.05, 4.69) is 0 Å². The highest BCUT2D eigenvalue weighted by Crippen LogP contribution is 2.36. The summed E-state index contributed by atoms with van der Waals surface area (Å²) in [4.78, 5) is 0.0162. The van der Waals surface area contributed by atoms with Crippen molar-refractivity contribution in [2.45, 2.75) is 42.9 Å². The Morgan fingerprint density at radius 2 is 1.62 bits per heavy atom. The van der Waals surface area contributed by atoms with Gasteiger partial charge in [-0.15, -0.1) is 11.8 Å². The molecule has 0 aliphatic rings. The van der Waals surface area contributed by atoms with Gasteiger partial charge in [-0.3, -0.25) is 0 Å². The van der Waals surface area contributed by atoms with E-state index in [4.69, 9.17) is 16.3 Å². The molecule has 0 radical (unpaired) electrons. The van der Waals surface area contributed by atoms with Crippen LogP contribution in [0, 0.1) is 5.82 Å². The quantitative estimate of drug-likeness (QED) is 0.276. The van der Waals surface area contributed by atoms with Gasteiger partial charge in [0, 0.05) is 11.3 Å². The van der Waals surface area contributed by atoms with Crippen LogP contribution >= 0.6 is 23.4 Å². The number of unbranched alkanes of at least 4 members (excludes halogenated alkanes) is 2. The molecule has 0 aliphatic carbocycles. The number of ether oxygens (including phenoxy) is 1. The Balaban J connectivity index is 2.50. The highest BCUT2D eigenvalue weighted by molar-refractivity contribution is 7.99. The lowest BCUT2D eigenvalue weighted by Gasteiger charge is -2.12. The highest BCUT2D eigenvalue weighted by Gasteiger charge is 2.28.